The Kier molecular flexibility index (Phi) is 7.79. The molecule has 0 aromatic heterocycles. The number of hydrogen-bond acceptors (Lipinski definition) is 7. The minimum atomic E-state index is -0.658. The number of nitro benzene ring substituents is 1. The van der Waals surface area contributed by atoms with Gasteiger partial charge >= 0.3 is 5.97 Å². The van der Waals surface area contributed by atoms with Gasteiger partial charge in [-0.1, -0.05) is 29.8 Å². The minimum absolute atomic E-state index is 0.120. The average Bonchev–Trinajstić information content (AvgIpc) is 2.84. The Morgan fingerprint density at radius 2 is 1.56 bits per heavy atom. The van der Waals surface area contributed by atoms with E-state index in [0.29, 0.717) is 11.3 Å². The minimum Gasteiger partial charge on any atom is -0.452 e. The van der Waals surface area contributed by atoms with Crippen LogP contribution in [0, 0.1) is 17.0 Å². The molecule has 0 unspecified atom stereocenters. The number of ether oxygens (including phenoxy) is 1. The molecule has 3 rings (SSSR count). The van der Waals surface area contributed by atoms with Crippen LogP contribution in [0.1, 0.15) is 31.8 Å². The summed E-state index contributed by atoms with van der Waals surface area (Å²) in [6.07, 6.45) is 1.37. The van der Waals surface area contributed by atoms with E-state index in [9.17, 15) is 24.5 Å². The maximum Gasteiger partial charge on any atom is 0.338 e. The van der Waals surface area contributed by atoms with E-state index in [1.165, 1.54) is 42.6 Å². The third-order valence-electron chi connectivity index (χ3n) is 4.54. The van der Waals surface area contributed by atoms with Crippen LogP contribution in [-0.4, -0.2) is 35.5 Å². The molecule has 0 saturated heterocycles. The lowest BCUT2D eigenvalue weighted by atomic mass is 10.1. The van der Waals surface area contributed by atoms with Crippen LogP contribution >= 0.6 is 0 Å². The second kappa shape index (κ2) is 11.1. The first-order valence-corrected chi connectivity index (χ1v) is 10.0. The summed E-state index contributed by atoms with van der Waals surface area (Å²) in [7, 11) is 0. The van der Waals surface area contributed by atoms with Crippen LogP contribution in [0.2, 0.25) is 0 Å². The summed E-state index contributed by atoms with van der Waals surface area (Å²) >= 11 is 0. The predicted molar refractivity (Wildman–Crippen MR) is 125 cm³/mol. The molecular formula is C24H20N4O6. The number of anilines is 1. The lowest BCUT2D eigenvalue weighted by molar-refractivity contribution is -0.384. The van der Waals surface area contributed by atoms with E-state index < -0.39 is 29.3 Å². The second-order valence-electron chi connectivity index (χ2n) is 7.12. The molecular weight excluding hydrogens is 440 g/mol. The molecule has 0 saturated carbocycles. The molecule has 34 heavy (non-hydrogen) atoms. The van der Waals surface area contributed by atoms with Gasteiger partial charge in [0.2, 0.25) is 0 Å². The van der Waals surface area contributed by atoms with Crippen LogP contribution in [-0.2, 0) is 9.53 Å². The van der Waals surface area contributed by atoms with Crippen molar-refractivity contribution in [2.24, 2.45) is 5.10 Å². The van der Waals surface area contributed by atoms with Gasteiger partial charge in [0.1, 0.15) is 0 Å². The number of benzene rings is 3. The number of amides is 2. The summed E-state index contributed by atoms with van der Waals surface area (Å²) in [4.78, 5) is 46.2. The van der Waals surface area contributed by atoms with Crippen LogP contribution in [0.15, 0.2) is 77.9 Å². The van der Waals surface area contributed by atoms with Gasteiger partial charge in [-0.2, -0.15) is 5.10 Å². The zero-order chi connectivity index (χ0) is 24.5. The number of nitrogens with one attached hydrogen (secondary N) is 2. The van der Waals surface area contributed by atoms with Crippen molar-refractivity contribution in [3.05, 3.63) is 105 Å². The monoisotopic (exact) mass is 460 g/mol. The Morgan fingerprint density at radius 1 is 0.941 bits per heavy atom. The maximum atomic E-state index is 12.1. The zero-order valence-electron chi connectivity index (χ0n) is 18.1. The summed E-state index contributed by atoms with van der Waals surface area (Å²) in [5.74, 6) is -1.64. The molecule has 0 radical (unpaired) electrons. The molecule has 3 aromatic carbocycles. The molecule has 0 heterocycles. The molecule has 2 amide bonds. The van der Waals surface area contributed by atoms with Crippen molar-refractivity contribution < 1.29 is 24.0 Å². The number of non-ortho nitro benzene ring substituents is 1. The Bertz CT molecular complexity index is 1220. The Labute approximate surface area is 194 Å². The number of esters is 1. The number of carbonyl (C=O) groups is 3. The van der Waals surface area contributed by atoms with Crippen molar-refractivity contribution in [1.82, 2.24) is 5.43 Å². The maximum absolute atomic E-state index is 12.1. The molecule has 0 spiro atoms. The fourth-order valence-electron chi connectivity index (χ4n) is 2.72. The highest BCUT2D eigenvalue weighted by Crippen LogP contribution is 2.12. The molecule has 0 atom stereocenters. The number of nitrogens with zero attached hydrogens (tertiary/aromatic N) is 2. The summed E-state index contributed by atoms with van der Waals surface area (Å²) in [5, 5.41) is 17.1. The van der Waals surface area contributed by atoms with E-state index in [2.05, 4.69) is 15.8 Å². The molecule has 2 N–H and O–H groups in total. The highest BCUT2D eigenvalue weighted by Gasteiger charge is 2.11. The van der Waals surface area contributed by atoms with Gasteiger partial charge in [0.15, 0.2) is 6.61 Å². The first kappa shape index (κ1) is 23.8. The smallest absolute Gasteiger partial charge is 0.338 e. The molecule has 0 aliphatic rings. The first-order chi connectivity index (χ1) is 16.3. The molecule has 0 fully saturated rings. The van der Waals surface area contributed by atoms with Gasteiger partial charge in [-0.25, -0.2) is 10.2 Å². The fourth-order valence-corrected chi connectivity index (χ4v) is 2.72. The fraction of sp³-hybridized carbons (Fsp3) is 0.0833. The normalized spacial score (nSPS) is 10.5. The summed E-state index contributed by atoms with van der Waals surface area (Å²) in [5.41, 5.74) is 4.92. The topological polar surface area (TPSA) is 140 Å². The van der Waals surface area contributed by atoms with Crippen molar-refractivity contribution >= 4 is 35.4 Å². The molecule has 0 aliphatic heterocycles. The Hall–Kier alpha value is -4.86. The standard InChI is InChI=1S/C24H20N4O6/c1-16-2-10-20(11-3-16)26-22(29)15-34-24(31)19-6-4-17(5-7-19)14-25-27-23(30)18-8-12-21(13-9-18)28(32)33/h2-14H,15H2,1H3,(H,26,29)(H,27,30)/b25-14+. The first-order valence-electron chi connectivity index (χ1n) is 10.0. The van der Waals surface area contributed by atoms with Gasteiger partial charge < -0.3 is 10.1 Å². The largest absolute Gasteiger partial charge is 0.452 e. The van der Waals surface area contributed by atoms with Gasteiger partial charge in [0.25, 0.3) is 17.5 Å². The van der Waals surface area contributed by atoms with E-state index in [-0.39, 0.29) is 16.8 Å². The van der Waals surface area contributed by atoms with E-state index in [0.717, 1.165) is 5.56 Å². The van der Waals surface area contributed by atoms with E-state index in [1.807, 2.05) is 19.1 Å². The molecule has 10 nitrogen and oxygen atoms in total. The number of aryl methyl sites for hydroxylation is 1. The predicted octanol–water partition coefficient (Wildman–Crippen LogP) is 3.46. The van der Waals surface area contributed by atoms with E-state index in [1.54, 1.807) is 24.3 Å². The number of hydrogen-bond donors (Lipinski definition) is 2. The molecule has 3 aromatic rings. The molecule has 0 bridgehead atoms. The lowest BCUT2D eigenvalue weighted by Gasteiger charge is -2.07. The van der Waals surface area contributed by atoms with E-state index in [4.69, 9.17) is 4.74 Å². The van der Waals surface area contributed by atoms with Gasteiger partial charge in [0.05, 0.1) is 16.7 Å². The van der Waals surface area contributed by atoms with Gasteiger partial charge in [0, 0.05) is 23.4 Å². The van der Waals surface area contributed by atoms with Crippen LogP contribution in [0.4, 0.5) is 11.4 Å². The zero-order valence-corrected chi connectivity index (χ0v) is 18.1. The van der Waals surface area contributed by atoms with Crippen molar-refractivity contribution in [2.45, 2.75) is 6.92 Å². The highest BCUT2D eigenvalue weighted by atomic mass is 16.6. The highest BCUT2D eigenvalue weighted by molar-refractivity contribution is 5.96. The van der Waals surface area contributed by atoms with Crippen molar-refractivity contribution in [3.8, 4) is 0 Å². The van der Waals surface area contributed by atoms with Crippen molar-refractivity contribution in [1.29, 1.82) is 0 Å². The van der Waals surface area contributed by atoms with Gasteiger partial charge in [-0.15, -0.1) is 0 Å². The Morgan fingerprint density at radius 3 is 2.18 bits per heavy atom. The van der Waals surface area contributed by atoms with Crippen molar-refractivity contribution in [3.63, 3.8) is 0 Å². The second-order valence-corrected chi connectivity index (χ2v) is 7.12. The van der Waals surface area contributed by atoms with E-state index >= 15 is 0 Å². The summed E-state index contributed by atoms with van der Waals surface area (Å²) < 4.78 is 5.03. The van der Waals surface area contributed by atoms with Crippen LogP contribution in [0.3, 0.4) is 0 Å². The quantitative estimate of drug-likeness (QED) is 0.228. The SMILES string of the molecule is Cc1ccc(NC(=O)COC(=O)c2ccc(/C=N/NC(=O)c3ccc([N+](=O)[O-])cc3)cc2)cc1. The lowest BCUT2D eigenvalue weighted by Crippen LogP contribution is -2.20. The molecule has 172 valence electrons. The summed E-state index contributed by atoms with van der Waals surface area (Å²) in [6, 6.07) is 18.5. The number of carbonyl (C=O) groups excluding carboxylic acids is 3. The number of rotatable bonds is 8. The number of nitro groups is 1. The molecule has 10 heteroatoms. The van der Waals surface area contributed by atoms with Crippen LogP contribution in [0.25, 0.3) is 0 Å². The van der Waals surface area contributed by atoms with Crippen LogP contribution < -0.4 is 10.7 Å². The third-order valence-corrected chi connectivity index (χ3v) is 4.54. The van der Waals surface area contributed by atoms with Gasteiger partial charge in [-0.05, 0) is 48.9 Å². The van der Waals surface area contributed by atoms with Crippen LogP contribution in [0.5, 0.6) is 0 Å². The Balaban J connectivity index is 1.47. The summed E-state index contributed by atoms with van der Waals surface area (Å²) in [6.45, 7) is 1.51. The number of hydrazone groups is 1. The average molecular weight is 460 g/mol. The van der Waals surface area contributed by atoms with Gasteiger partial charge in [-0.3, -0.25) is 19.7 Å². The van der Waals surface area contributed by atoms with Crippen molar-refractivity contribution in [2.75, 3.05) is 11.9 Å². The third kappa shape index (κ3) is 6.82. The molecule has 0 aliphatic carbocycles.